The van der Waals surface area contributed by atoms with Crippen molar-refractivity contribution < 1.29 is 18.9 Å². The number of fused-ring (bicyclic) bond motifs is 1. The van der Waals surface area contributed by atoms with Crippen molar-refractivity contribution in [3.8, 4) is 34.5 Å². The minimum Gasteiger partial charge on any atom is -0.497 e. The van der Waals surface area contributed by atoms with E-state index in [0.717, 1.165) is 10.9 Å². The van der Waals surface area contributed by atoms with Gasteiger partial charge in [0.05, 0.1) is 29.7 Å². The monoisotopic (exact) mass is 392 g/mol. The highest BCUT2D eigenvalue weighted by Crippen LogP contribution is 2.33. The summed E-state index contributed by atoms with van der Waals surface area (Å²) >= 11 is 0. The summed E-state index contributed by atoms with van der Waals surface area (Å²) < 4.78 is 16.3. The molecule has 0 radical (unpaired) electrons. The first kappa shape index (κ1) is 18.4. The van der Waals surface area contributed by atoms with Gasteiger partial charge in [-0.05, 0) is 37.3 Å². The molecule has 9 heteroatoms. The third-order valence-electron chi connectivity index (χ3n) is 4.24. The van der Waals surface area contributed by atoms with Gasteiger partial charge in [-0.2, -0.15) is 4.98 Å². The molecule has 2 aromatic heterocycles. The van der Waals surface area contributed by atoms with Gasteiger partial charge in [-0.3, -0.25) is 10.1 Å². The van der Waals surface area contributed by atoms with Crippen molar-refractivity contribution in [1.82, 2.24) is 15.1 Å². The van der Waals surface area contributed by atoms with Crippen LogP contribution in [0.2, 0.25) is 0 Å². The minimum atomic E-state index is -0.478. The number of methoxy groups -OCH3 is 1. The summed E-state index contributed by atoms with van der Waals surface area (Å²) in [6, 6.07) is 13.4. The molecule has 4 aromatic rings. The summed E-state index contributed by atoms with van der Waals surface area (Å²) in [6.07, 6.45) is 0. The molecule has 0 aliphatic carbocycles. The molecule has 0 bridgehead atoms. The Morgan fingerprint density at radius 3 is 2.76 bits per heavy atom. The van der Waals surface area contributed by atoms with Gasteiger partial charge in [-0.1, -0.05) is 11.2 Å². The Labute approximate surface area is 165 Å². The molecule has 0 fully saturated rings. The zero-order chi connectivity index (χ0) is 20.4. The number of hydrogen-bond donors (Lipinski definition) is 0. The SMILES string of the molecule is CCOc1nc2ccc(OC)cc2cc1-c1noc(-c2cccc([N+](=O)[O-])c2)n1. The van der Waals surface area contributed by atoms with Gasteiger partial charge in [0, 0.05) is 23.1 Å². The van der Waals surface area contributed by atoms with Crippen LogP contribution in [0.1, 0.15) is 6.92 Å². The second kappa shape index (κ2) is 7.55. The number of non-ortho nitro benzene ring substituents is 1. The van der Waals surface area contributed by atoms with Gasteiger partial charge in [0.1, 0.15) is 5.75 Å². The van der Waals surface area contributed by atoms with E-state index >= 15 is 0 Å². The van der Waals surface area contributed by atoms with Crippen LogP contribution in [0.5, 0.6) is 11.6 Å². The van der Waals surface area contributed by atoms with E-state index in [2.05, 4.69) is 15.1 Å². The number of rotatable bonds is 6. The van der Waals surface area contributed by atoms with Gasteiger partial charge in [0.15, 0.2) is 0 Å². The first-order valence-corrected chi connectivity index (χ1v) is 8.79. The van der Waals surface area contributed by atoms with Crippen molar-refractivity contribution in [3.05, 3.63) is 58.6 Å². The van der Waals surface area contributed by atoms with Crippen LogP contribution in [-0.2, 0) is 0 Å². The molecular weight excluding hydrogens is 376 g/mol. The van der Waals surface area contributed by atoms with Gasteiger partial charge in [-0.25, -0.2) is 4.98 Å². The molecule has 0 saturated heterocycles. The molecule has 2 aromatic carbocycles. The second-order valence-corrected chi connectivity index (χ2v) is 6.06. The molecule has 0 N–H and O–H groups in total. The maximum absolute atomic E-state index is 11.0. The Morgan fingerprint density at radius 2 is 2.00 bits per heavy atom. The fraction of sp³-hybridized carbons (Fsp3) is 0.150. The molecule has 0 unspecified atom stereocenters. The van der Waals surface area contributed by atoms with Crippen LogP contribution in [0.4, 0.5) is 5.69 Å². The van der Waals surface area contributed by atoms with Crippen LogP contribution in [0.25, 0.3) is 33.7 Å². The van der Waals surface area contributed by atoms with E-state index in [-0.39, 0.29) is 17.4 Å². The van der Waals surface area contributed by atoms with E-state index in [1.807, 2.05) is 31.2 Å². The van der Waals surface area contributed by atoms with Crippen molar-refractivity contribution in [2.45, 2.75) is 6.92 Å². The molecular formula is C20H16N4O5. The maximum atomic E-state index is 11.0. The third kappa shape index (κ3) is 3.57. The molecule has 146 valence electrons. The first-order chi connectivity index (χ1) is 14.1. The number of benzene rings is 2. The van der Waals surface area contributed by atoms with Gasteiger partial charge in [0.2, 0.25) is 11.7 Å². The maximum Gasteiger partial charge on any atom is 0.270 e. The summed E-state index contributed by atoms with van der Waals surface area (Å²) in [5.41, 5.74) is 1.68. The van der Waals surface area contributed by atoms with Gasteiger partial charge >= 0.3 is 0 Å². The van der Waals surface area contributed by atoms with Crippen LogP contribution < -0.4 is 9.47 Å². The summed E-state index contributed by atoms with van der Waals surface area (Å²) in [4.78, 5) is 19.5. The van der Waals surface area contributed by atoms with E-state index in [9.17, 15) is 10.1 Å². The van der Waals surface area contributed by atoms with Crippen LogP contribution in [0.15, 0.2) is 53.1 Å². The summed E-state index contributed by atoms with van der Waals surface area (Å²) in [6.45, 7) is 2.27. The lowest BCUT2D eigenvalue weighted by atomic mass is 10.1. The normalized spacial score (nSPS) is 10.8. The van der Waals surface area contributed by atoms with Crippen molar-refractivity contribution >= 4 is 16.6 Å². The molecule has 4 rings (SSSR count). The topological polar surface area (TPSA) is 113 Å². The van der Waals surface area contributed by atoms with Crippen LogP contribution >= 0.6 is 0 Å². The van der Waals surface area contributed by atoms with E-state index in [1.165, 1.54) is 12.1 Å². The largest absolute Gasteiger partial charge is 0.497 e. The summed E-state index contributed by atoms with van der Waals surface area (Å²) in [5, 5.41) is 15.9. The number of ether oxygens (including phenoxy) is 2. The summed E-state index contributed by atoms with van der Waals surface area (Å²) in [5.74, 6) is 1.50. The Bertz CT molecular complexity index is 1200. The molecule has 0 aliphatic rings. The number of nitro benzene ring substituents is 1. The predicted molar refractivity (Wildman–Crippen MR) is 105 cm³/mol. The lowest BCUT2D eigenvalue weighted by molar-refractivity contribution is -0.384. The number of aromatic nitrogens is 3. The molecule has 0 spiro atoms. The Hall–Kier alpha value is -4.01. The highest BCUT2D eigenvalue weighted by atomic mass is 16.6. The molecule has 9 nitrogen and oxygen atoms in total. The van der Waals surface area contributed by atoms with Gasteiger partial charge < -0.3 is 14.0 Å². The average molecular weight is 392 g/mol. The van der Waals surface area contributed by atoms with E-state index in [0.29, 0.717) is 29.4 Å². The standard InChI is InChI=1S/C20H16N4O5/c1-3-28-20-16(11-13-10-15(27-2)7-8-17(13)21-20)18-22-19(29-23-18)12-5-4-6-14(9-12)24(25)26/h4-11H,3H2,1-2H3. The fourth-order valence-corrected chi connectivity index (χ4v) is 2.87. The van der Waals surface area contributed by atoms with Crippen molar-refractivity contribution in [2.75, 3.05) is 13.7 Å². The second-order valence-electron chi connectivity index (χ2n) is 6.06. The van der Waals surface area contributed by atoms with Crippen LogP contribution in [0, 0.1) is 10.1 Å². The highest BCUT2D eigenvalue weighted by Gasteiger charge is 2.18. The Balaban J connectivity index is 1.80. The lowest BCUT2D eigenvalue weighted by Gasteiger charge is -2.09. The molecule has 2 heterocycles. The van der Waals surface area contributed by atoms with Crippen molar-refractivity contribution in [2.24, 2.45) is 0 Å². The zero-order valence-corrected chi connectivity index (χ0v) is 15.7. The molecule has 0 aliphatic heterocycles. The minimum absolute atomic E-state index is 0.0586. The smallest absolute Gasteiger partial charge is 0.270 e. The lowest BCUT2D eigenvalue weighted by Crippen LogP contribution is -1.98. The third-order valence-corrected chi connectivity index (χ3v) is 4.24. The van der Waals surface area contributed by atoms with Crippen LogP contribution in [-0.4, -0.2) is 33.8 Å². The predicted octanol–water partition coefficient (Wildman–Crippen LogP) is 4.27. The number of pyridine rings is 1. The molecule has 29 heavy (non-hydrogen) atoms. The van der Waals surface area contributed by atoms with Crippen molar-refractivity contribution in [1.29, 1.82) is 0 Å². The first-order valence-electron chi connectivity index (χ1n) is 8.79. The van der Waals surface area contributed by atoms with Gasteiger partial charge in [0.25, 0.3) is 11.6 Å². The molecule has 0 saturated carbocycles. The van der Waals surface area contributed by atoms with Gasteiger partial charge in [-0.15, -0.1) is 0 Å². The number of nitrogens with zero attached hydrogens (tertiary/aromatic N) is 4. The van der Waals surface area contributed by atoms with E-state index in [4.69, 9.17) is 14.0 Å². The van der Waals surface area contributed by atoms with E-state index in [1.54, 1.807) is 19.2 Å². The fourth-order valence-electron chi connectivity index (χ4n) is 2.87. The molecule has 0 amide bonds. The zero-order valence-electron chi connectivity index (χ0n) is 15.7. The summed E-state index contributed by atoms with van der Waals surface area (Å²) in [7, 11) is 1.59. The Kier molecular flexibility index (Phi) is 4.78. The van der Waals surface area contributed by atoms with Crippen LogP contribution in [0.3, 0.4) is 0 Å². The highest BCUT2D eigenvalue weighted by molar-refractivity contribution is 5.86. The number of nitro groups is 1. The average Bonchev–Trinajstić information content (AvgIpc) is 3.23. The molecule has 0 atom stereocenters. The number of hydrogen-bond acceptors (Lipinski definition) is 8. The van der Waals surface area contributed by atoms with E-state index < -0.39 is 4.92 Å². The Morgan fingerprint density at radius 1 is 1.14 bits per heavy atom. The quantitative estimate of drug-likeness (QED) is 0.353. The van der Waals surface area contributed by atoms with Crippen molar-refractivity contribution in [3.63, 3.8) is 0 Å².